The van der Waals surface area contributed by atoms with Gasteiger partial charge in [-0.3, -0.25) is 4.99 Å². The van der Waals surface area contributed by atoms with Gasteiger partial charge < -0.3 is 4.74 Å². The van der Waals surface area contributed by atoms with E-state index in [1.165, 1.54) is 0 Å². The van der Waals surface area contributed by atoms with E-state index in [1.807, 2.05) is 48.5 Å². The lowest BCUT2D eigenvalue weighted by Crippen LogP contribution is -1.82. The number of rotatable bonds is 3. The van der Waals surface area contributed by atoms with Gasteiger partial charge in [0, 0.05) is 0 Å². The Labute approximate surface area is 95.2 Å². The maximum Gasteiger partial charge on any atom is 0.118 e. The molecule has 0 aliphatic carbocycles. The first kappa shape index (κ1) is 10.4. The van der Waals surface area contributed by atoms with E-state index in [4.69, 9.17) is 4.74 Å². The van der Waals surface area contributed by atoms with Gasteiger partial charge in [-0.15, -0.1) is 0 Å². The van der Waals surface area contributed by atoms with Crippen LogP contribution in [0.15, 0.2) is 53.5 Å². The lowest BCUT2D eigenvalue weighted by atomic mass is 10.1. The van der Waals surface area contributed by atoms with E-state index < -0.39 is 0 Å². The van der Waals surface area contributed by atoms with Crippen LogP contribution in [0.2, 0.25) is 0 Å². The summed E-state index contributed by atoms with van der Waals surface area (Å²) in [5, 5.41) is 0. The number of benzene rings is 2. The van der Waals surface area contributed by atoms with Gasteiger partial charge in [0.2, 0.25) is 0 Å². The summed E-state index contributed by atoms with van der Waals surface area (Å²) in [5.41, 5.74) is 3.21. The van der Waals surface area contributed by atoms with Crippen molar-refractivity contribution in [3.05, 3.63) is 48.5 Å². The zero-order chi connectivity index (χ0) is 11.4. The smallest absolute Gasteiger partial charge is 0.118 e. The van der Waals surface area contributed by atoms with Gasteiger partial charge in [0.1, 0.15) is 5.75 Å². The van der Waals surface area contributed by atoms with E-state index in [0.717, 1.165) is 22.6 Å². The molecular weight excluding hydrogens is 198 g/mol. The summed E-state index contributed by atoms with van der Waals surface area (Å²) in [4.78, 5) is 3.86. The standard InChI is InChI=1S/C14H13NO/c1-15-13-7-3-11(4-8-13)12-5-9-14(16-2)10-6-12/h3-10H,1H2,2H3. The highest BCUT2D eigenvalue weighted by atomic mass is 16.5. The first-order valence-electron chi connectivity index (χ1n) is 5.04. The van der Waals surface area contributed by atoms with Crippen LogP contribution in [0, 0.1) is 0 Å². The molecule has 16 heavy (non-hydrogen) atoms. The van der Waals surface area contributed by atoms with Gasteiger partial charge in [-0.25, -0.2) is 0 Å². The summed E-state index contributed by atoms with van der Waals surface area (Å²) >= 11 is 0. The molecule has 0 aromatic heterocycles. The Morgan fingerprint density at radius 2 is 1.38 bits per heavy atom. The molecule has 2 heteroatoms. The van der Waals surface area contributed by atoms with Gasteiger partial charge in [0.05, 0.1) is 12.8 Å². The van der Waals surface area contributed by atoms with Crippen molar-refractivity contribution in [3.63, 3.8) is 0 Å². The number of hydrogen-bond donors (Lipinski definition) is 0. The van der Waals surface area contributed by atoms with Crippen LogP contribution in [0.4, 0.5) is 5.69 Å². The van der Waals surface area contributed by atoms with E-state index in [1.54, 1.807) is 7.11 Å². The van der Waals surface area contributed by atoms with E-state index in [2.05, 4.69) is 11.7 Å². The zero-order valence-electron chi connectivity index (χ0n) is 9.18. The molecule has 0 N–H and O–H groups in total. The van der Waals surface area contributed by atoms with Crippen molar-refractivity contribution in [3.8, 4) is 16.9 Å². The molecule has 0 atom stereocenters. The fraction of sp³-hybridized carbons (Fsp3) is 0.0714. The first-order valence-corrected chi connectivity index (χ1v) is 5.04. The molecule has 0 fully saturated rings. The molecular formula is C14H13NO. The van der Waals surface area contributed by atoms with Gasteiger partial charge in [-0.1, -0.05) is 24.3 Å². The van der Waals surface area contributed by atoms with Gasteiger partial charge >= 0.3 is 0 Å². The highest BCUT2D eigenvalue weighted by Gasteiger charge is 1.97. The molecule has 0 saturated carbocycles. The van der Waals surface area contributed by atoms with Crippen molar-refractivity contribution < 1.29 is 4.74 Å². The molecule has 0 heterocycles. The zero-order valence-corrected chi connectivity index (χ0v) is 9.18. The van der Waals surface area contributed by atoms with E-state index in [0.29, 0.717) is 0 Å². The van der Waals surface area contributed by atoms with Gasteiger partial charge in [0.15, 0.2) is 0 Å². The molecule has 0 unspecified atom stereocenters. The predicted molar refractivity (Wildman–Crippen MR) is 67.6 cm³/mol. The second-order valence-corrected chi connectivity index (χ2v) is 3.43. The minimum Gasteiger partial charge on any atom is -0.497 e. The average Bonchev–Trinajstić information content (AvgIpc) is 2.39. The van der Waals surface area contributed by atoms with Crippen LogP contribution in [0.3, 0.4) is 0 Å². The van der Waals surface area contributed by atoms with Crippen LogP contribution in [0.1, 0.15) is 0 Å². The summed E-state index contributed by atoms with van der Waals surface area (Å²) in [7, 11) is 1.67. The molecule has 2 aromatic carbocycles. The molecule has 2 rings (SSSR count). The van der Waals surface area contributed by atoms with E-state index in [9.17, 15) is 0 Å². The lowest BCUT2D eigenvalue weighted by molar-refractivity contribution is 0.415. The maximum atomic E-state index is 5.12. The number of hydrogen-bond acceptors (Lipinski definition) is 2. The van der Waals surface area contributed by atoms with Crippen molar-refractivity contribution in [1.82, 2.24) is 0 Å². The number of ether oxygens (including phenoxy) is 1. The number of methoxy groups -OCH3 is 1. The molecule has 80 valence electrons. The van der Waals surface area contributed by atoms with Gasteiger partial charge in [-0.05, 0) is 42.1 Å². The topological polar surface area (TPSA) is 21.6 Å². The van der Waals surface area contributed by atoms with Crippen LogP contribution >= 0.6 is 0 Å². The predicted octanol–water partition coefficient (Wildman–Crippen LogP) is 3.69. The molecule has 0 bridgehead atoms. The van der Waals surface area contributed by atoms with E-state index >= 15 is 0 Å². The van der Waals surface area contributed by atoms with Crippen molar-refractivity contribution >= 4 is 12.4 Å². The van der Waals surface area contributed by atoms with Crippen LogP contribution in [-0.4, -0.2) is 13.8 Å². The second kappa shape index (κ2) is 4.62. The third kappa shape index (κ3) is 2.11. The Morgan fingerprint density at radius 1 is 0.875 bits per heavy atom. The highest BCUT2D eigenvalue weighted by molar-refractivity contribution is 5.66. The normalized spacial score (nSPS) is 9.81. The fourth-order valence-corrected chi connectivity index (χ4v) is 1.54. The van der Waals surface area contributed by atoms with Crippen LogP contribution in [0.25, 0.3) is 11.1 Å². The van der Waals surface area contributed by atoms with Crippen LogP contribution in [-0.2, 0) is 0 Å². The van der Waals surface area contributed by atoms with E-state index in [-0.39, 0.29) is 0 Å². The Bertz CT molecular complexity index is 471. The van der Waals surface area contributed by atoms with Crippen molar-refractivity contribution in [2.75, 3.05) is 7.11 Å². The Hall–Kier alpha value is -2.09. The lowest BCUT2D eigenvalue weighted by Gasteiger charge is -2.03. The molecule has 2 nitrogen and oxygen atoms in total. The molecule has 0 saturated heterocycles. The second-order valence-electron chi connectivity index (χ2n) is 3.43. The molecule has 0 spiro atoms. The molecule has 0 radical (unpaired) electrons. The molecule has 2 aromatic rings. The monoisotopic (exact) mass is 211 g/mol. The average molecular weight is 211 g/mol. The SMILES string of the molecule is C=Nc1ccc(-c2ccc(OC)cc2)cc1. The maximum absolute atomic E-state index is 5.12. The molecule has 0 amide bonds. The minimum atomic E-state index is 0.869. The number of nitrogens with zero attached hydrogens (tertiary/aromatic N) is 1. The summed E-state index contributed by atoms with van der Waals surface area (Å²) in [5.74, 6) is 0.869. The van der Waals surface area contributed by atoms with Crippen molar-refractivity contribution in [2.45, 2.75) is 0 Å². The largest absolute Gasteiger partial charge is 0.497 e. The Morgan fingerprint density at radius 3 is 1.81 bits per heavy atom. The minimum absolute atomic E-state index is 0.869. The quantitative estimate of drug-likeness (QED) is 0.709. The third-order valence-electron chi connectivity index (χ3n) is 2.47. The van der Waals surface area contributed by atoms with Crippen LogP contribution in [0.5, 0.6) is 5.75 Å². The Balaban J connectivity index is 2.31. The summed E-state index contributed by atoms with van der Waals surface area (Å²) in [6, 6.07) is 15.9. The van der Waals surface area contributed by atoms with Crippen LogP contribution < -0.4 is 4.74 Å². The summed E-state index contributed by atoms with van der Waals surface area (Å²) in [6.45, 7) is 3.49. The molecule has 0 aliphatic heterocycles. The van der Waals surface area contributed by atoms with Crippen molar-refractivity contribution in [2.24, 2.45) is 4.99 Å². The van der Waals surface area contributed by atoms with Gasteiger partial charge in [0.25, 0.3) is 0 Å². The fourth-order valence-electron chi connectivity index (χ4n) is 1.54. The molecule has 0 aliphatic rings. The van der Waals surface area contributed by atoms with Crippen molar-refractivity contribution in [1.29, 1.82) is 0 Å². The first-order chi connectivity index (χ1) is 7.83. The third-order valence-corrected chi connectivity index (χ3v) is 2.47. The summed E-state index contributed by atoms with van der Waals surface area (Å²) in [6.07, 6.45) is 0. The summed E-state index contributed by atoms with van der Waals surface area (Å²) < 4.78 is 5.12. The number of aliphatic imine (C=N–C) groups is 1. The van der Waals surface area contributed by atoms with Gasteiger partial charge in [-0.2, -0.15) is 0 Å². The highest BCUT2D eigenvalue weighted by Crippen LogP contribution is 2.24. The Kier molecular flexibility index (Phi) is 3.01.